The third-order valence-electron chi connectivity index (χ3n) is 1.36. The van der Waals surface area contributed by atoms with Gasteiger partial charge in [-0.1, -0.05) is 0 Å². The molecule has 0 atom stereocenters. The molecule has 7 heteroatoms. The lowest BCUT2D eigenvalue weighted by Crippen LogP contribution is -2.20. The Labute approximate surface area is 82.3 Å². The van der Waals surface area contributed by atoms with Gasteiger partial charge in [-0.15, -0.1) is 0 Å². The standard InChI is InChI=1S/C8H6F3NO3/c9-8(10,11)4-15-5-2-1-3-12-6(5)7(13)14/h1-3H,4H2,(H,13,14). The molecule has 0 spiro atoms. The second-order valence-electron chi connectivity index (χ2n) is 2.56. The molecule has 0 radical (unpaired) electrons. The van der Waals surface area contributed by atoms with Crippen LogP contribution in [-0.2, 0) is 0 Å². The van der Waals surface area contributed by atoms with E-state index in [0.29, 0.717) is 0 Å². The molecule has 0 aromatic carbocycles. The Morgan fingerprint density at radius 2 is 2.20 bits per heavy atom. The molecule has 1 aromatic heterocycles. The van der Waals surface area contributed by atoms with Crippen LogP contribution < -0.4 is 4.74 Å². The highest BCUT2D eigenvalue weighted by molar-refractivity contribution is 5.88. The van der Waals surface area contributed by atoms with Gasteiger partial charge in [0.15, 0.2) is 18.1 Å². The van der Waals surface area contributed by atoms with Crippen molar-refractivity contribution in [1.82, 2.24) is 4.98 Å². The van der Waals surface area contributed by atoms with E-state index in [9.17, 15) is 18.0 Å². The van der Waals surface area contributed by atoms with Gasteiger partial charge in [-0.05, 0) is 12.1 Å². The molecule has 1 rings (SSSR count). The Kier molecular flexibility index (Phi) is 3.13. The predicted octanol–water partition coefficient (Wildman–Crippen LogP) is 1.72. The summed E-state index contributed by atoms with van der Waals surface area (Å²) in [4.78, 5) is 13.9. The minimum atomic E-state index is -4.51. The van der Waals surface area contributed by atoms with Crippen molar-refractivity contribution in [3.05, 3.63) is 24.0 Å². The van der Waals surface area contributed by atoms with E-state index < -0.39 is 30.2 Å². The molecule has 82 valence electrons. The molecule has 0 aliphatic heterocycles. The number of pyridine rings is 1. The third-order valence-corrected chi connectivity index (χ3v) is 1.36. The second kappa shape index (κ2) is 4.16. The van der Waals surface area contributed by atoms with Gasteiger partial charge in [0.1, 0.15) is 0 Å². The third kappa shape index (κ3) is 3.45. The average Bonchev–Trinajstić information content (AvgIpc) is 2.14. The van der Waals surface area contributed by atoms with Crippen LogP contribution in [0.2, 0.25) is 0 Å². The Morgan fingerprint density at radius 1 is 1.53 bits per heavy atom. The molecule has 15 heavy (non-hydrogen) atoms. The minimum Gasteiger partial charge on any atom is -0.482 e. The van der Waals surface area contributed by atoms with E-state index >= 15 is 0 Å². The molecule has 1 N–H and O–H groups in total. The van der Waals surface area contributed by atoms with Crippen molar-refractivity contribution in [2.24, 2.45) is 0 Å². The first-order chi connectivity index (χ1) is 6.90. The van der Waals surface area contributed by atoms with E-state index in [0.717, 1.165) is 12.3 Å². The van der Waals surface area contributed by atoms with Crippen LogP contribution in [0, 0.1) is 0 Å². The van der Waals surface area contributed by atoms with E-state index in [1.807, 2.05) is 0 Å². The summed E-state index contributed by atoms with van der Waals surface area (Å²) in [7, 11) is 0. The second-order valence-corrected chi connectivity index (χ2v) is 2.56. The molecule has 0 aliphatic rings. The highest BCUT2D eigenvalue weighted by Crippen LogP contribution is 2.20. The maximum Gasteiger partial charge on any atom is 0.422 e. The lowest BCUT2D eigenvalue weighted by molar-refractivity contribution is -0.153. The molecule has 0 saturated heterocycles. The zero-order valence-electron chi connectivity index (χ0n) is 7.28. The Morgan fingerprint density at radius 3 is 2.73 bits per heavy atom. The maximum absolute atomic E-state index is 11.8. The van der Waals surface area contributed by atoms with Crippen LogP contribution in [0.15, 0.2) is 18.3 Å². The van der Waals surface area contributed by atoms with Crippen molar-refractivity contribution in [3.8, 4) is 5.75 Å². The smallest absolute Gasteiger partial charge is 0.422 e. The molecule has 0 bridgehead atoms. The van der Waals surface area contributed by atoms with Crippen LogP contribution in [0.25, 0.3) is 0 Å². The summed E-state index contributed by atoms with van der Waals surface area (Å²) in [6, 6.07) is 2.40. The van der Waals surface area contributed by atoms with Crippen molar-refractivity contribution >= 4 is 5.97 Å². The fraction of sp³-hybridized carbons (Fsp3) is 0.250. The number of hydrogen-bond acceptors (Lipinski definition) is 3. The van der Waals surface area contributed by atoms with E-state index in [2.05, 4.69) is 9.72 Å². The van der Waals surface area contributed by atoms with Crippen molar-refractivity contribution in [1.29, 1.82) is 0 Å². The highest BCUT2D eigenvalue weighted by atomic mass is 19.4. The summed E-state index contributed by atoms with van der Waals surface area (Å²) in [5.41, 5.74) is -0.540. The maximum atomic E-state index is 11.8. The van der Waals surface area contributed by atoms with Crippen LogP contribution in [-0.4, -0.2) is 28.8 Å². The summed E-state index contributed by atoms with van der Waals surface area (Å²) in [5, 5.41) is 8.57. The fourth-order valence-corrected chi connectivity index (χ4v) is 0.827. The summed E-state index contributed by atoms with van der Waals surface area (Å²) in [5.74, 6) is -1.84. The summed E-state index contributed by atoms with van der Waals surface area (Å²) >= 11 is 0. The number of aromatic nitrogens is 1. The number of carboxylic acid groups (broad SMARTS) is 1. The Balaban J connectivity index is 2.81. The summed E-state index contributed by atoms with van der Waals surface area (Å²) < 4.78 is 39.6. The van der Waals surface area contributed by atoms with Crippen molar-refractivity contribution in [3.63, 3.8) is 0 Å². The first kappa shape index (κ1) is 11.3. The number of halogens is 3. The normalized spacial score (nSPS) is 11.1. The zero-order chi connectivity index (χ0) is 11.5. The first-order valence-corrected chi connectivity index (χ1v) is 3.78. The molecular weight excluding hydrogens is 215 g/mol. The predicted molar refractivity (Wildman–Crippen MR) is 42.7 cm³/mol. The van der Waals surface area contributed by atoms with Crippen LogP contribution in [0.3, 0.4) is 0 Å². The number of aromatic carboxylic acids is 1. The number of nitrogens with zero attached hydrogens (tertiary/aromatic N) is 1. The van der Waals surface area contributed by atoms with E-state index in [4.69, 9.17) is 5.11 Å². The highest BCUT2D eigenvalue weighted by Gasteiger charge is 2.29. The largest absolute Gasteiger partial charge is 0.482 e. The summed E-state index contributed by atoms with van der Waals surface area (Å²) in [6.45, 7) is -1.54. The minimum absolute atomic E-state index is 0.401. The molecule has 0 unspecified atom stereocenters. The van der Waals surface area contributed by atoms with Crippen LogP contribution >= 0.6 is 0 Å². The molecule has 0 amide bonds. The topological polar surface area (TPSA) is 59.4 Å². The molecule has 1 aromatic rings. The van der Waals surface area contributed by atoms with Crippen molar-refractivity contribution in [2.45, 2.75) is 6.18 Å². The van der Waals surface area contributed by atoms with Gasteiger partial charge in [-0.2, -0.15) is 13.2 Å². The van der Waals surface area contributed by atoms with Crippen LogP contribution in [0.1, 0.15) is 10.5 Å². The lowest BCUT2D eigenvalue weighted by Gasteiger charge is -2.09. The van der Waals surface area contributed by atoms with Gasteiger partial charge in [0, 0.05) is 6.20 Å². The number of rotatable bonds is 3. The van der Waals surface area contributed by atoms with E-state index in [1.165, 1.54) is 6.07 Å². The lowest BCUT2D eigenvalue weighted by atomic mass is 10.3. The van der Waals surface area contributed by atoms with Gasteiger partial charge in [-0.3, -0.25) is 0 Å². The average molecular weight is 221 g/mol. The van der Waals surface area contributed by atoms with Gasteiger partial charge in [0.25, 0.3) is 0 Å². The molecule has 0 fully saturated rings. The monoisotopic (exact) mass is 221 g/mol. The number of alkyl halides is 3. The van der Waals surface area contributed by atoms with Gasteiger partial charge >= 0.3 is 12.1 Å². The zero-order valence-corrected chi connectivity index (χ0v) is 7.28. The molecule has 0 saturated carbocycles. The molecular formula is C8H6F3NO3. The van der Waals surface area contributed by atoms with E-state index in [1.54, 1.807) is 0 Å². The first-order valence-electron chi connectivity index (χ1n) is 3.78. The molecule has 4 nitrogen and oxygen atoms in total. The number of carbonyl (C=O) groups is 1. The van der Waals surface area contributed by atoms with Gasteiger partial charge in [0.05, 0.1) is 0 Å². The number of hydrogen-bond donors (Lipinski definition) is 1. The van der Waals surface area contributed by atoms with Gasteiger partial charge in [0.2, 0.25) is 0 Å². The van der Waals surface area contributed by atoms with Gasteiger partial charge < -0.3 is 9.84 Å². The quantitative estimate of drug-likeness (QED) is 0.844. The van der Waals surface area contributed by atoms with E-state index in [-0.39, 0.29) is 0 Å². The number of carboxylic acids is 1. The number of ether oxygens (including phenoxy) is 1. The SMILES string of the molecule is O=C(O)c1ncccc1OCC(F)(F)F. The Hall–Kier alpha value is -1.79. The summed E-state index contributed by atoms with van der Waals surface area (Å²) in [6.07, 6.45) is -3.35. The van der Waals surface area contributed by atoms with Crippen molar-refractivity contribution in [2.75, 3.05) is 6.61 Å². The molecule has 0 aliphatic carbocycles. The fourth-order valence-electron chi connectivity index (χ4n) is 0.827. The van der Waals surface area contributed by atoms with Crippen LogP contribution in [0.5, 0.6) is 5.75 Å². The Bertz CT molecular complexity index is 364. The van der Waals surface area contributed by atoms with Gasteiger partial charge in [-0.25, -0.2) is 9.78 Å². The van der Waals surface area contributed by atoms with Crippen LogP contribution in [0.4, 0.5) is 13.2 Å². The molecule has 1 heterocycles. The van der Waals surface area contributed by atoms with Crippen molar-refractivity contribution < 1.29 is 27.8 Å².